The van der Waals surface area contributed by atoms with Crippen molar-refractivity contribution in [1.82, 2.24) is 4.90 Å². The number of nitrogens with zero attached hydrogens (tertiary/aromatic N) is 1. The van der Waals surface area contributed by atoms with E-state index in [1.807, 2.05) is 17.0 Å². The highest BCUT2D eigenvalue weighted by Crippen LogP contribution is 2.33. The lowest BCUT2D eigenvalue weighted by atomic mass is 10.0. The molecule has 2 rings (SSSR count). The molecular formula is C12H13Br2NO. The van der Waals surface area contributed by atoms with Crippen LogP contribution in [0.1, 0.15) is 24.4 Å². The molecule has 1 saturated heterocycles. The predicted molar refractivity (Wildman–Crippen MR) is 71.6 cm³/mol. The van der Waals surface area contributed by atoms with Gasteiger partial charge in [0.25, 0.3) is 0 Å². The maximum absolute atomic E-state index is 11.8. The van der Waals surface area contributed by atoms with Crippen molar-refractivity contribution in [3.05, 3.63) is 34.3 Å². The first-order chi connectivity index (χ1) is 7.72. The molecule has 86 valence electrons. The Morgan fingerprint density at radius 1 is 1.50 bits per heavy atom. The van der Waals surface area contributed by atoms with Gasteiger partial charge in [-0.15, -0.1) is 0 Å². The zero-order valence-electron chi connectivity index (χ0n) is 8.83. The Bertz CT molecular complexity index is 394. The van der Waals surface area contributed by atoms with Gasteiger partial charge in [0.2, 0.25) is 5.91 Å². The van der Waals surface area contributed by atoms with Crippen molar-refractivity contribution in [2.24, 2.45) is 0 Å². The largest absolute Gasteiger partial charge is 0.335 e. The van der Waals surface area contributed by atoms with Gasteiger partial charge in [0.1, 0.15) is 0 Å². The minimum atomic E-state index is 0.183. The molecule has 1 fully saturated rings. The Labute approximate surface area is 112 Å². The number of amides is 1. The molecule has 0 saturated carbocycles. The van der Waals surface area contributed by atoms with Crippen molar-refractivity contribution < 1.29 is 4.79 Å². The lowest BCUT2D eigenvalue weighted by molar-refractivity contribution is -0.129. The van der Waals surface area contributed by atoms with Crippen molar-refractivity contribution in [3.8, 4) is 0 Å². The zero-order valence-corrected chi connectivity index (χ0v) is 12.0. The molecule has 0 bridgehead atoms. The minimum absolute atomic E-state index is 0.183. The second-order valence-corrected chi connectivity index (χ2v) is 5.41. The van der Waals surface area contributed by atoms with Crippen molar-refractivity contribution in [1.29, 1.82) is 0 Å². The van der Waals surface area contributed by atoms with Gasteiger partial charge in [-0.1, -0.05) is 44.0 Å². The number of carbonyl (C=O) groups is 1. The molecule has 4 heteroatoms. The van der Waals surface area contributed by atoms with E-state index in [9.17, 15) is 4.79 Å². The number of benzene rings is 1. The van der Waals surface area contributed by atoms with Gasteiger partial charge >= 0.3 is 0 Å². The van der Waals surface area contributed by atoms with Crippen LogP contribution in [0.3, 0.4) is 0 Å². The number of hydrogen-bond donors (Lipinski definition) is 0. The Morgan fingerprint density at radius 2 is 2.31 bits per heavy atom. The molecule has 16 heavy (non-hydrogen) atoms. The third-order valence-corrected chi connectivity index (χ3v) is 3.89. The van der Waals surface area contributed by atoms with Crippen LogP contribution < -0.4 is 0 Å². The molecule has 1 aliphatic rings. The molecule has 1 aromatic rings. The average Bonchev–Trinajstić information content (AvgIpc) is 2.77. The highest BCUT2D eigenvalue weighted by atomic mass is 79.9. The molecule has 1 amide bonds. The Hall–Kier alpha value is -0.350. The van der Waals surface area contributed by atoms with Crippen LogP contribution in [-0.4, -0.2) is 22.7 Å². The summed E-state index contributed by atoms with van der Waals surface area (Å²) in [4.78, 5) is 13.7. The second-order valence-electron chi connectivity index (χ2n) is 3.93. The van der Waals surface area contributed by atoms with Crippen molar-refractivity contribution in [2.45, 2.75) is 18.9 Å². The van der Waals surface area contributed by atoms with E-state index in [2.05, 4.69) is 44.0 Å². The lowest BCUT2D eigenvalue weighted by Gasteiger charge is -2.24. The number of alkyl halides is 1. The third-order valence-electron chi connectivity index (χ3n) is 2.92. The van der Waals surface area contributed by atoms with Gasteiger partial charge in [-0.3, -0.25) is 4.79 Å². The Kier molecular flexibility index (Phi) is 4.03. The molecular weight excluding hydrogens is 334 g/mol. The number of likely N-dealkylation sites (tertiary alicyclic amines) is 1. The summed E-state index contributed by atoms with van der Waals surface area (Å²) in [5.41, 5.74) is 1.22. The molecule has 0 aromatic heterocycles. The summed E-state index contributed by atoms with van der Waals surface area (Å²) in [7, 11) is 0. The summed E-state index contributed by atoms with van der Waals surface area (Å²) in [5.74, 6) is 0.183. The maximum Gasteiger partial charge on any atom is 0.233 e. The SMILES string of the molecule is O=C(CBr)N1CCCC1c1cccc(Br)c1. The third kappa shape index (κ3) is 2.48. The molecule has 0 N–H and O–H groups in total. The number of rotatable bonds is 2. The second kappa shape index (κ2) is 5.32. The summed E-state index contributed by atoms with van der Waals surface area (Å²) < 4.78 is 1.07. The van der Waals surface area contributed by atoms with Gasteiger partial charge in [-0.05, 0) is 30.5 Å². The van der Waals surface area contributed by atoms with Crippen molar-refractivity contribution >= 4 is 37.8 Å². The zero-order chi connectivity index (χ0) is 11.5. The maximum atomic E-state index is 11.8. The van der Waals surface area contributed by atoms with Crippen LogP contribution in [0.5, 0.6) is 0 Å². The summed E-state index contributed by atoms with van der Waals surface area (Å²) in [6, 6.07) is 8.48. The first-order valence-electron chi connectivity index (χ1n) is 5.33. The molecule has 1 aromatic carbocycles. The van der Waals surface area contributed by atoms with E-state index in [4.69, 9.17) is 0 Å². The fourth-order valence-corrected chi connectivity index (χ4v) is 2.94. The van der Waals surface area contributed by atoms with E-state index in [0.29, 0.717) is 5.33 Å². The number of carbonyl (C=O) groups excluding carboxylic acids is 1. The quantitative estimate of drug-likeness (QED) is 0.750. The smallest absolute Gasteiger partial charge is 0.233 e. The van der Waals surface area contributed by atoms with Crippen LogP contribution in [0.2, 0.25) is 0 Å². The molecule has 2 nitrogen and oxygen atoms in total. The Morgan fingerprint density at radius 3 is 3.00 bits per heavy atom. The van der Waals surface area contributed by atoms with E-state index < -0.39 is 0 Å². The van der Waals surface area contributed by atoms with E-state index in [1.54, 1.807) is 0 Å². The highest BCUT2D eigenvalue weighted by molar-refractivity contribution is 9.10. The summed E-state index contributed by atoms with van der Waals surface area (Å²) >= 11 is 6.71. The molecule has 0 aliphatic carbocycles. The van der Waals surface area contributed by atoms with Crippen molar-refractivity contribution in [2.75, 3.05) is 11.9 Å². The fourth-order valence-electron chi connectivity index (χ4n) is 2.20. The highest BCUT2D eigenvalue weighted by Gasteiger charge is 2.29. The summed E-state index contributed by atoms with van der Waals surface area (Å²) in [6.07, 6.45) is 2.16. The van der Waals surface area contributed by atoms with E-state index >= 15 is 0 Å². The van der Waals surface area contributed by atoms with Crippen molar-refractivity contribution in [3.63, 3.8) is 0 Å². The lowest BCUT2D eigenvalue weighted by Crippen LogP contribution is -2.31. The molecule has 1 heterocycles. The van der Waals surface area contributed by atoms with Crippen LogP contribution in [-0.2, 0) is 4.79 Å². The number of halogens is 2. The first-order valence-corrected chi connectivity index (χ1v) is 7.24. The fraction of sp³-hybridized carbons (Fsp3) is 0.417. The normalized spacial score (nSPS) is 20.1. The molecule has 1 aliphatic heterocycles. The minimum Gasteiger partial charge on any atom is -0.335 e. The van der Waals surface area contributed by atoms with E-state index in [1.165, 1.54) is 5.56 Å². The van der Waals surface area contributed by atoms with Crippen LogP contribution in [0.25, 0.3) is 0 Å². The first kappa shape index (κ1) is 12.1. The van der Waals surface area contributed by atoms with Gasteiger partial charge < -0.3 is 4.90 Å². The van der Waals surface area contributed by atoms with Gasteiger partial charge in [-0.25, -0.2) is 0 Å². The van der Waals surface area contributed by atoms with Gasteiger partial charge in [0.15, 0.2) is 0 Å². The van der Waals surface area contributed by atoms with E-state index in [0.717, 1.165) is 23.9 Å². The summed E-state index contributed by atoms with van der Waals surface area (Å²) in [5, 5.41) is 0.414. The average molecular weight is 347 g/mol. The number of hydrogen-bond acceptors (Lipinski definition) is 1. The monoisotopic (exact) mass is 345 g/mol. The summed E-state index contributed by atoms with van der Waals surface area (Å²) in [6.45, 7) is 0.877. The molecule has 1 unspecified atom stereocenters. The van der Waals surface area contributed by atoms with Crippen LogP contribution in [0, 0.1) is 0 Å². The van der Waals surface area contributed by atoms with E-state index in [-0.39, 0.29) is 11.9 Å². The van der Waals surface area contributed by atoms with Gasteiger partial charge in [-0.2, -0.15) is 0 Å². The predicted octanol–water partition coefficient (Wildman–Crippen LogP) is 3.51. The molecule has 0 spiro atoms. The van der Waals surface area contributed by atoms with Crippen LogP contribution >= 0.6 is 31.9 Å². The van der Waals surface area contributed by atoms with Crippen LogP contribution in [0.4, 0.5) is 0 Å². The molecule has 1 atom stereocenters. The standard InChI is InChI=1S/C12H13Br2NO/c13-8-12(16)15-6-2-5-11(15)9-3-1-4-10(14)7-9/h1,3-4,7,11H,2,5-6,8H2. The van der Waals surface area contributed by atoms with Crippen LogP contribution in [0.15, 0.2) is 28.7 Å². The van der Waals surface area contributed by atoms with Gasteiger partial charge in [0, 0.05) is 11.0 Å². The molecule has 0 radical (unpaired) electrons. The topological polar surface area (TPSA) is 20.3 Å². The van der Waals surface area contributed by atoms with Gasteiger partial charge in [0.05, 0.1) is 11.4 Å². The Balaban J connectivity index is 2.23.